The highest BCUT2D eigenvalue weighted by Gasteiger charge is 2.39. The number of thioether (sulfide) groups is 1. The number of imide groups is 1. The van der Waals surface area contributed by atoms with Gasteiger partial charge in [-0.25, -0.2) is 4.79 Å². The highest BCUT2D eigenvalue weighted by atomic mass is 32.2. The van der Waals surface area contributed by atoms with Gasteiger partial charge in [0.1, 0.15) is 0 Å². The monoisotopic (exact) mass is 386 g/mol. The van der Waals surface area contributed by atoms with E-state index in [-0.39, 0.29) is 24.9 Å². The van der Waals surface area contributed by atoms with Gasteiger partial charge in [0, 0.05) is 24.8 Å². The second kappa shape index (κ2) is 8.39. The molecule has 7 nitrogen and oxygen atoms in total. The Morgan fingerprint density at radius 1 is 1.30 bits per heavy atom. The molecule has 2 unspecified atom stereocenters. The summed E-state index contributed by atoms with van der Waals surface area (Å²) >= 11 is 1.45. The molecule has 0 saturated carbocycles. The summed E-state index contributed by atoms with van der Waals surface area (Å²) in [6, 6.07) is 7.56. The van der Waals surface area contributed by atoms with Crippen molar-refractivity contribution in [3.8, 4) is 0 Å². The van der Waals surface area contributed by atoms with E-state index in [9.17, 15) is 9.59 Å². The van der Waals surface area contributed by atoms with E-state index >= 15 is 0 Å². The van der Waals surface area contributed by atoms with Crippen molar-refractivity contribution in [2.75, 3.05) is 6.54 Å². The van der Waals surface area contributed by atoms with E-state index in [0.29, 0.717) is 11.1 Å². The molecular formula is C19H22N4O3S. The average Bonchev–Trinajstić information content (AvgIpc) is 3.09. The third-order valence-corrected chi connectivity index (χ3v) is 5.31. The Labute approximate surface area is 162 Å². The van der Waals surface area contributed by atoms with Crippen LogP contribution in [0.5, 0.6) is 0 Å². The summed E-state index contributed by atoms with van der Waals surface area (Å²) in [7, 11) is 0. The van der Waals surface area contributed by atoms with Gasteiger partial charge in [0.15, 0.2) is 0 Å². The summed E-state index contributed by atoms with van der Waals surface area (Å²) in [4.78, 5) is 25.7. The lowest BCUT2D eigenvalue weighted by Crippen LogP contribution is -2.59. The number of carbonyl (C=O) groups is 2. The molecule has 1 aliphatic rings. The summed E-state index contributed by atoms with van der Waals surface area (Å²) < 4.78 is 5.69. The van der Waals surface area contributed by atoms with E-state index in [1.807, 2.05) is 6.92 Å². The standard InChI is InChI=1S/C19H22N4O3S/c1-4-9-23-17(24)15(13(3)20-18(23)25)10-16-21-22-19(26-16)27-11-14-7-5-12(2)6-8-14/h4-8,13,15H,1,9-11H2,2-3H3,(H,20,25). The van der Waals surface area contributed by atoms with Crippen LogP contribution < -0.4 is 5.32 Å². The molecule has 0 spiro atoms. The number of hydrogen-bond donors (Lipinski definition) is 1. The summed E-state index contributed by atoms with van der Waals surface area (Å²) in [6.45, 7) is 7.61. The summed E-state index contributed by atoms with van der Waals surface area (Å²) in [5, 5.41) is 11.4. The van der Waals surface area contributed by atoms with Crippen LogP contribution in [0.3, 0.4) is 0 Å². The number of rotatable bonds is 7. The third-order valence-electron chi connectivity index (χ3n) is 4.42. The fraction of sp³-hybridized carbons (Fsp3) is 0.368. The first-order valence-corrected chi connectivity index (χ1v) is 9.70. The molecule has 1 aliphatic heterocycles. The lowest BCUT2D eigenvalue weighted by molar-refractivity contribution is -0.134. The van der Waals surface area contributed by atoms with Crippen LogP contribution in [0.4, 0.5) is 4.79 Å². The molecule has 1 aromatic heterocycles. The van der Waals surface area contributed by atoms with Crippen LogP contribution in [0.15, 0.2) is 46.6 Å². The van der Waals surface area contributed by atoms with Gasteiger partial charge in [0.25, 0.3) is 5.22 Å². The fourth-order valence-corrected chi connectivity index (χ4v) is 3.59. The van der Waals surface area contributed by atoms with Gasteiger partial charge in [0.05, 0.1) is 5.92 Å². The maximum Gasteiger partial charge on any atom is 0.324 e. The van der Waals surface area contributed by atoms with Crippen LogP contribution in [-0.4, -0.2) is 39.6 Å². The number of hydrogen-bond acceptors (Lipinski definition) is 6. The molecule has 142 valence electrons. The van der Waals surface area contributed by atoms with E-state index in [1.54, 1.807) is 6.92 Å². The van der Waals surface area contributed by atoms with Crippen LogP contribution in [0.1, 0.15) is 23.9 Å². The molecule has 2 atom stereocenters. The van der Waals surface area contributed by atoms with Crippen molar-refractivity contribution in [3.63, 3.8) is 0 Å². The maximum absolute atomic E-state index is 12.6. The quantitative estimate of drug-likeness (QED) is 0.581. The van der Waals surface area contributed by atoms with E-state index < -0.39 is 11.9 Å². The van der Waals surface area contributed by atoms with Crippen LogP contribution in [0, 0.1) is 12.8 Å². The Balaban J connectivity index is 1.62. The molecule has 1 fully saturated rings. The fourth-order valence-electron chi connectivity index (χ4n) is 2.85. The van der Waals surface area contributed by atoms with Crippen molar-refractivity contribution in [2.45, 2.75) is 37.3 Å². The molecule has 27 heavy (non-hydrogen) atoms. The van der Waals surface area contributed by atoms with Crippen molar-refractivity contribution in [2.24, 2.45) is 5.92 Å². The lowest BCUT2D eigenvalue weighted by Gasteiger charge is -2.34. The van der Waals surface area contributed by atoms with Crippen LogP contribution >= 0.6 is 11.8 Å². The molecule has 3 rings (SSSR count). The Morgan fingerprint density at radius 2 is 2.04 bits per heavy atom. The van der Waals surface area contributed by atoms with Gasteiger partial charge in [-0.15, -0.1) is 16.8 Å². The number of amides is 3. The summed E-state index contributed by atoms with van der Waals surface area (Å²) in [6.07, 6.45) is 1.81. The van der Waals surface area contributed by atoms with Crippen molar-refractivity contribution in [1.29, 1.82) is 0 Å². The van der Waals surface area contributed by atoms with Gasteiger partial charge in [-0.05, 0) is 19.4 Å². The average molecular weight is 386 g/mol. The number of carbonyl (C=O) groups excluding carboxylic acids is 2. The second-order valence-electron chi connectivity index (χ2n) is 6.52. The van der Waals surface area contributed by atoms with Crippen molar-refractivity contribution in [3.05, 3.63) is 53.9 Å². The van der Waals surface area contributed by atoms with Gasteiger partial charge in [-0.3, -0.25) is 9.69 Å². The first-order valence-electron chi connectivity index (χ1n) is 8.71. The van der Waals surface area contributed by atoms with Gasteiger partial charge < -0.3 is 9.73 Å². The minimum atomic E-state index is -0.446. The Morgan fingerprint density at radius 3 is 2.74 bits per heavy atom. The predicted molar refractivity (Wildman–Crippen MR) is 102 cm³/mol. The topological polar surface area (TPSA) is 88.3 Å². The smallest absolute Gasteiger partial charge is 0.324 e. The van der Waals surface area contributed by atoms with E-state index in [1.165, 1.54) is 29.0 Å². The normalized spacial score (nSPS) is 19.9. The zero-order valence-electron chi connectivity index (χ0n) is 15.3. The zero-order valence-corrected chi connectivity index (χ0v) is 16.2. The highest BCUT2D eigenvalue weighted by Crippen LogP contribution is 2.24. The summed E-state index contributed by atoms with van der Waals surface area (Å²) in [5.41, 5.74) is 2.39. The molecule has 0 bridgehead atoms. The van der Waals surface area contributed by atoms with Crippen LogP contribution in [0.25, 0.3) is 0 Å². The minimum absolute atomic E-state index is 0.176. The molecule has 1 N–H and O–H groups in total. The number of aryl methyl sites for hydroxylation is 1. The molecular weight excluding hydrogens is 364 g/mol. The van der Waals surface area contributed by atoms with E-state index in [2.05, 4.69) is 46.4 Å². The van der Waals surface area contributed by atoms with E-state index in [0.717, 1.165) is 10.7 Å². The van der Waals surface area contributed by atoms with Crippen LogP contribution in [-0.2, 0) is 17.0 Å². The van der Waals surface area contributed by atoms with Crippen molar-refractivity contribution >= 4 is 23.7 Å². The third kappa shape index (κ3) is 4.57. The van der Waals surface area contributed by atoms with Gasteiger partial charge in [0.2, 0.25) is 11.8 Å². The van der Waals surface area contributed by atoms with Gasteiger partial charge in [-0.2, -0.15) is 0 Å². The first kappa shape index (κ1) is 19.2. The minimum Gasteiger partial charge on any atom is -0.416 e. The number of aromatic nitrogens is 2. The predicted octanol–water partition coefficient (Wildman–Crippen LogP) is 2.96. The molecule has 2 heterocycles. The van der Waals surface area contributed by atoms with E-state index in [4.69, 9.17) is 4.42 Å². The molecule has 0 radical (unpaired) electrons. The number of benzene rings is 1. The lowest BCUT2D eigenvalue weighted by atomic mass is 9.93. The molecule has 2 aromatic rings. The number of nitrogens with zero attached hydrogens (tertiary/aromatic N) is 3. The molecule has 8 heteroatoms. The van der Waals surface area contributed by atoms with Gasteiger partial charge >= 0.3 is 6.03 Å². The Kier molecular flexibility index (Phi) is 5.95. The summed E-state index contributed by atoms with van der Waals surface area (Å²) in [5.74, 6) is 0.418. The molecule has 0 aliphatic carbocycles. The zero-order chi connectivity index (χ0) is 19.4. The molecule has 1 saturated heterocycles. The van der Waals surface area contributed by atoms with Crippen molar-refractivity contribution < 1.29 is 14.0 Å². The number of nitrogens with one attached hydrogen (secondary N) is 1. The molecule has 3 amide bonds. The Hall–Kier alpha value is -2.61. The second-order valence-corrected chi connectivity index (χ2v) is 7.45. The first-order chi connectivity index (χ1) is 13.0. The number of urea groups is 1. The van der Waals surface area contributed by atoms with Crippen LogP contribution in [0.2, 0.25) is 0 Å². The van der Waals surface area contributed by atoms with Gasteiger partial charge in [-0.1, -0.05) is 47.7 Å². The maximum atomic E-state index is 12.6. The molecule has 1 aromatic carbocycles. The van der Waals surface area contributed by atoms with Crippen molar-refractivity contribution in [1.82, 2.24) is 20.4 Å². The largest absolute Gasteiger partial charge is 0.416 e. The SMILES string of the molecule is C=CCN1C(=O)NC(C)C(Cc2nnc(SCc3ccc(C)cc3)o2)C1=O. The Bertz CT molecular complexity index is 834. The highest BCUT2D eigenvalue weighted by molar-refractivity contribution is 7.98.